The van der Waals surface area contributed by atoms with E-state index in [1.165, 1.54) is 12.7 Å². The van der Waals surface area contributed by atoms with Crippen LogP contribution in [0.25, 0.3) is 0 Å². The highest BCUT2D eigenvalue weighted by Crippen LogP contribution is 2.13. The lowest BCUT2D eigenvalue weighted by Crippen LogP contribution is -2.48. The quantitative estimate of drug-likeness (QED) is 0.742. The lowest BCUT2D eigenvalue weighted by molar-refractivity contribution is -0.144. The van der Waals surface area contributed by atoms with Crippen LogP contribution in [-0.4, -0.2) is 25.2 Å². The van der Waals surface area contributed by atoms with Crippen LogP contribution in [0.5, 0.6) is 0 Å². The molecule has 0 radical (unpaired) electrons. The lowest BCUT2D eigenvalue weighted by atomic mass is 9.96. The normalized spacial score (nSPS) is 15.4. The van der Waals surface area contributed by atoms with E-state index < -0.39 is 0 Å². The molecule has 112 valence electrons. The number of rotatable bonds is 8. The molecule has 3 atom stereocenters. The van der Waals surface area contributed by atoms with Crippen molar-refractivity contribution in [2.75, 3.05) is 7.11 Å². The Labute approximate surface area is 122 Å². The second-order valence-corrected chi connectivity index (χ2v) is 5.35. The molecule has 0 saturated carbocycles. The molecule has 20 heavy (non-hydrogen) atoms. The van der Waals surface area contributed by atoms with Crippen molar-refractivity contribution in [3.05, 3.63) is 35.9 Å². The van der Waals surface area contributed by atoms with Crippen LogP contribution in [0, 0.1) is 5.92 Å². The van der Waals surface area contributed by atoms with Gasteiger partial charge in [-0.15, -0.1) is 0 Å². The zero-order valence-corrected chi connectivity index (χ0v) is 13.1. The number of carbonyl (C=O) groups excluding carboxylic acids is 1. The van der Waals surface area contributed by atoms with Crippen molar-refractivity contribution in [3.63, 3.8) is 0 Å². The monoisotopic (exact) mass is 277 g/mol. The molecule has 0 fully saturated rings. The van der Waals surface area contributed by atoms with Crippen LogP contribution in [-0.2, 0) is 16.0 Å². The molecule has 0 saturated heterocycles. The van der Waals surface area contributed by atoms with Crippen LogP contribution in [0.2, 0.25) is 0 Å². The maximum absolute atomic E-state index is 11.9. The standard InChI is InChI=1S/C17H27NO2/c1-5-13(3)16(17(19)20-4)18-15(6-2)12-14-10-8-7-9-11-14/h7-11,13,15-16,18H,5-6,12H2,1-4H3. The molecule has 3 nitrogen and oxygen atoms in total. The molecule has 0 heterocycles. The van der Waals surface area contributed by atoms with Gasteiger partial charge in [-0.1, -0.05) is 57.5 Å². The minimum absolute atomic E-state index is 0.161. The number of esters is 1. The highest BCUT2D eigenvalue weighted by atomic mass is 16.5. The van der Waals surface area contributed by atoms with Gasteiger partial charge in [-0.2, -0.15) is 0 Å². The largest absolute Gasteiger partial charge is 0.468 e. The van der Waals surface area contributed by atoms with E-state index >= 15 is 0 Å². The van der Waals surface area contributed by atoms with Crippen molar-refractivity contribution < 1.29 is 9.53 Å². The van der Waals surface area contributed by atoms with Crippen LogP contribution >= 0.6 is 0 Å². The highest BCUT2D eigenvalue weighted by Gasteiger charge is 2.26. The molecule has 0 spiro atoms. The van der Waals surface area contributed by atoms with Crippen LogP contribution < -0.4 is 5.32 Å². The second-order valence-electron chi connectivity index (χ2n) is 5.35. The molecular formula is C17H27NO2. The first-order valence-electron chi connectivity index (χ1n) is 7.50. The van der Waals surface area contributed by atoms with Crippen LogP contribution in [0.1, 0.15) is 39.2 Å². The van der Waals surface area contributed by atoms with E-state index in [1.54, 1.807) is 0 Å². The number of nitrogens with one attached hydrogen (secondary N) is 1. The smallest absolute Gasteiger partial charge is 0.323 e. The number of benzene rings is 1. The molecule has 0 aromatic heterocycles. The van der Waals surface area contributed by atoms with Crippen LogP contribution in [0.4, 0.5) is 0 Å². The first kappa shape index (κ1) is 16.7. The molecule has 0 aliphatic rings. The topological polar surface area (TPSA) is 38.3 Å². The number of hydrogen-bond acceptors (Lipinski definition) is 3. The van der Waals surface area contributed by atoms with E-state index in [0.29, 0.717) is 0 Å². The Kier molecular flexibility index (Phi) is 7.31. The van der Waals surface area contributed by atoms with E-state index in [4.69, 9.17) is 4.74 Å². The van der Waals surface area contributed by atoms with Gasteiger partial charge in [0, 0.05) is 6.04 Å². The average Bonchev–Trinajstić information content (AvgIpc) is 2.50. The average molecular weight is 277 g/mol. The molecule has 1 rings (SSSR count). The summed E-state index contributed by atoms with van der Waals surface area (Å²) in [4.78, 5) is 11.9. The number of carbonyl (C=O) groups is 1. The van der Waals surface area contributed by atoms with Gasteiger partial charge in [-0.05, 0) is 24.3 Å². The fourth-order valence-electron chi connectivity index (χ4n) is 2.30. The van der Waals surface area contributed by atoms with Crippen LogP contribution in [0.3, 0.4) is 0 Å². The summed E-state index contributed by atoms with van der Waals surface area (Å²) in [6.45, 7) is 6.33. The van der Waals surface area contributed by atoms with Crippen molar-refractivity contribution in [1.82, 2.24) is 5.32 Å². The number of ether oxygens (including phenoxy) is 1. The molecule has 0 amide bonds. The Morgan fingerprint density at radius 1 is 1.20 bits per heavy atom. The second kappa shape index (κ2) is 8.75. The van der Waals surface area contributed by atoms with Gasteiger partial charge in [0.25, 0.3) is 0 Å². The van der Waals surface area contributed by atoms with E-state index in [1.807, 2.05) is 6.07 Å². The summed E-state index contributed by atoms with van der Waals surface area (Å²) in [6.07, 6.45) is 2.87. The molecular weight excluding hydrogens is 250 g/mol. The SMILES string of the molecule is CCC(Cc1ccccc1)NC(C(=O)OC)C(C)CC. The van der Waals surface area contributed by atoms with Crippen molar-refractivity contribution in [1.29, 1.82) is 0 Å². The summed E-state index contributed by atoms with van der Waals surface area (Å²) in [6, 6.07) is 10.4. The summed E-state index contributed by atoms with van der Waals surface area (Å²) in [5.41, 5.74) is 1.29. The van der Waals surface area contributed by atoms with Gasteiger partial charge in [0.05, 0.1) is 7.11 Å². The third-order valence-corrected chi connectivity index (χ3v) is 3.90. The van der Waals surface area contributed by atoms with Crippen molar-refractivity contribution in [3.8, 4) is 0 Å². The third-order valence-electron chi connectivity index (χ3n) is 3.90. The van der Waals surface area contributed by atoms with Gasteiger partial charge < -0.3 is 10.1 Å². The van der Waals surface area contributed by atoms with E-state index in [0.717, 1.165) is 19.3 Å². The van der Waals surface area contributed by atoms with E-state index in [-0.39, 0.29) is 24.0 Å². The first-order chi connectivity index (χ1) is 9.62. The summed E-state index contributed by atoms with van der Waals surface area (Å²) >= 11 is 0. The molecule has 3 heteroatoms. The third kappa shape index (κ3) is 4.97. The van der Waals surface area contributed by atoms with Crippen LogP contribution in [0.15, 0.2) is 30.3 Å². The summed E-state index contributed by atoms with van der Waals surface area (Å²) in [5, 5.41) is 3.48. The lowest BCUT2D eigenvalue weighted by Gasteiger charge is -2.27. The summed E-state index contributed by atoms with van der Waals surface area (Å²) < 4.78 is 4.93. The fourth-order valence-corrected chi connectivity index (χ4v) is 2.30. The van der Waals surface area contributed by atoms with E-state index in [9.17, 15) is 4.79 Å². The van der Waals surface area contributed by atoms with Crippen molar-refractivity contribution >= 4 is 5.97 Å². The maximum Gasteiger partial charge on any atom is 0.323 e. The van der Waals surface area contributed by atoms with Crippen molar-refractivity contribution in [2.45, 2.75) is 52.1 Å². The number of methoxy groups -OCH3 is 1. The minimum atomic E-state index is -0.223. The van der Waals surface area contributed by atoms with Gasteiger partial charge in [0.2, 0.25) is 0 Å². The van der Waals surface area contributed by atoms with Gasteiger partial charge in [0.15, 0.2) is 0 Å². The zero-order chi connectivity index (χ0) is 15.0. The maximum atomic E-state index is 11.9. The summed E-state index contributed by atoms with van der Waals surface area (Å²) in [5.74, 6) is 0.109. The minimum Gasteiger partial charge on any atom is -0.468 e. The Morgan fingerprint density at radius 2 is 1.85 bits per heavy atom. The van der Waals surface area contributed by atoms with Gasteiger partial charge in [-0.3, -0.25) is 4.79 Å². The highest BCUT2D eigenvalue weighted by molar-refractivity contribution is 5.76. The van der Waals surface area contributed by atoms with Gasteiger partial charge in [0.1, 0.15) is 6.04 Å². The predicted molar refractivity (Wildman–Crippen MR) is 82.6 cm³/mol. The fraction of sp³-hybridized carbons (Fsp3) is 0.588. The number of hydrogen-bond donors (Lipinski definition) is 1. The molecule has 3 unspecified atom stereocenters. The molecule has 0 bridgehead atoms. The van der Waals surface area contributed by atoms with Crippen molar-refractivity contribution in [2.24, 2.45) is 5.92 Å². The molecule has 1 N–H and O–H groups in total. The van der Waals surface area contributed by atoms with Gasteiger partial charge >= 0.3 is 5.97 Å². The Hall–Kier alpha value is -1.35. The predicted octanol–water partition coefficient (Wildman–Crippen LogP) is 3.19. The summed E-state index contributed by atoms with van der Waals surface area (Å²) in [7, 11) is 1.46. The molecule has 1 aromatic carbocycles. The first-order valence-corrected chi connectivity index (χ1v) is 7.50. The molecule has 0 aliphatic carbocycles. The molecule has 0 aliphatic heterocycles. The Balaban J connectivity index is 2.70. The van der Waals surface area contributed by atoms with E-state index in [2.05, 4.69) is 50.4 Å². The Morgan fingerprint density at radius 3 is 2.35 bits per heavy atom. The van der Waals surface area contributed by atoms with Gasteiger partial charge in [-0.25, -0.2) is 0 Å². The molecule has 1 aromatic rings. The zero-order valence-electron chi connectivity index (χ0n) is 13.1. The Bertz CT molecular complexity index is 391.